The molecule has 0 aliphatic rings. The highest BCUT2D eigenvalue weighted by Crippen LogP contribution is 2.22. The summed E-state index contributed by atoms with van der Waals surface area (Å²) in [7, 11) is 0. The van der Waals surface area contributed by atoms with Crippen LogP contribution >= 0.6 is 11.3 Å². The SMILES string of the molecule is CCOC(=O)Cc1csc(Nc2cccnc2C)n1. The van der Waals surface area contributed by atoms with Crippen LogP contribution in [0.3, 0.4) is 0 Å². The van der Waals surface area contributed by atoms with Crippen LogP contribution in [0.5, 0.6) is 0 Å². The molecule has 6 heteroatoms. The number of rotatable bonds is 5. The van der Waals surface area contributed by atoms with Crippen molar-refractivity contribution in [2.24, 2.45) is 0 Å². The van der Waals surface area contributed by atoms with E-state index < -0.39 is 0 Å². The molecule has 1 N–H and O–H groups in total. The van der Waals surface area contributed by atoms with Crippen LogP contribution in [-0.2, 0) is 16.0 Å². The fraction of sp³-hybridized carbons (Fsp3) is 0.308. The van der Waals surface area contributed by atoms with Crippen molar-refractivity contribution in [3.05, 3.63) is 35.1 Å². The van der Waals surface area contributed by atoms with Crippen LogP contribution in [0.1, 0.15) is 18.3 Å². The van der Waals surface area contributed by atoms with Crippen LogP contribution in [0.25, 0.3) is 0 Å². The number of anilines is 2. The summed E-state index contributed by atoms with van der Waals surface area (Å²) < 4.78 is 4.89. The van der Waals surface area contributed by atoms with Crippen molar-refractivity contribution in [3.63, 3.8) is 0 Å². The number of esters is 1. The standard InChI is InChI=1S/C13H15N3O2S/c1-3-18-12(17)7-10-8-19-13(15-10)16-11-5-4-6-14-9(11)2/h4-6,8H,3,7H2,1-2H3,(H,15,16). The van der Waals surface area contributed by atoms with Crippen molar-refractivity contribution in [3.8, 4) is 0 Å². The zero-order valence-electron chi connectivity index (χ0n) is 10.8. The quantitative estimate of drug-likeness (QED) is 0.851. The molecule has 2 aromatic heterocycles. The fourth-order valence-electron chi connectivity index (χ4n) is 1.54. The number of hydrogen-bond donors (Lipinski definition) is 1. The Bertz CT molecular complexity index is 569. The van der Waals surface area contributed by atoms with E-state index in [1.54, 1.807) is 13.1 Å². The molecule has 0 aliphatic heterocycles. The van der Waals surface area contributed by atoms with E-state index in [1.165, 1.54) is 11.3 Å². The average molecular weight is 277 g/mol. The van der Waals surface area contributed by atoms with Crippen LogP contribution in [0.4, 0.5) is 10.8 Å². The van der Waals surface area contributed by atoms with Crippen LogP contribution in [0.15, 0.2) is 23.7 Å². The third-order valence-electron chi connectivity index (χ3n) is 2.43. The molecular weight excluding hydrogens is 262 g/mol. The second-order valence-corrected chi connectivity index (χ2v) is 4.75. The Hall–Kier alpha value is -1.95. The molecule has 0 spiro atoms. The number of nitrogens with one attached hydrogen (secondary N) is 1. The Labute approximate surface area is 115 Å². The van der Waals surface area contributed by atoms with Gasteiger partial charge in [0.25, 0.3) is 0 Å². The predicted octanol–water partition coefficient (Wildman–Crippen LogP) is 2.70. The van der Waals surface area contributed by atoms with Gasteiger partial charge in [-0.05, 0) is 26.0 Å². The lowest BCUT2D eigenvalue weighted by Gasteiger charge is -2.04. The van der Waals surface area contributed by atoms with Gasteiger partial charge in [0.1, 0.15) is 0 Å². The van der Waals surface area contributed by atoms with Crippen molar-refractivity contribution in [2.45, 2.75) is 20.3 Å². The monoisotopic (exact) mass is 277 g/mol. The van der Waals surface area contributed by atoms with Gasteiger partial charge in [-0.3, -0.25) is 9.78 Å². The number of thiazole rings is 1. The summed E-state index contributed by atoms with van der Waals surface area (Å²) in [5.41, 5.74) is 2.54. The summed E-state index contributed by atoms with van der Waals surface area (Å²) in [5.74, 6) is -0.253. The van der Waals surface area contributed by atoms with Crippen LogP contribution in [0, 0.1) is 6.92 Å². The number of aromatic nitrogens is 2. The summed E-state index contributed by atoms with van der Waals surface area (Å²) in [6, 6.07) is 3.80. The molecule has 0 aliphatic carbocycles. The molecule has 0 radical (unpaired) electrons. The lowest BCUT2D eigenvalue weighted by atomic mass is 10.3. The first kappa shape index (κ1) is 13.5. The molecule has 5 nitrogen and oxygen atoms in total. The van der Waals surface area contributed by atoms with E-state index in [2.05, 4.69) is 15.3 Å². The molecule has 0 bridgehead atoms. The lowest BCUT2D eigenvalue weighted by molar-refractivity contribution is -0.142. The molecule has 0 aromatic carbocycles. The Kier molecular flexibility index (Phi) is 4.46. The van der Waals surface area contributed by atoms with Crippen LogP contribution < -0.4 is 5.32 Å². The van der Waals surface area contributed by atoms with Gasteiger partial charge in [0.05, 0.1) is 30.1 Å². The first-order chi connectivity index (χ1) is 9.19. The van der Waals surface area contributed by atoms with E-state index >= 15 is 0 Å². The third-order valence-corrected chi connectivity index (χ3v) is 3.24. The highest BCUT2D eigenvalue weighted by atomic mass is 32.1. The largest absolute Gasteiger partial charge is 0.466 e. The first-order valence-electron chi connectivity index (χ1n) is 5.97. The van der Waals surface area contributed by atoms with Gasteiger partial charge in [-0.25, -0.2) is 4.98 Å². The van der Waals surface area contributed by atoms with E-state index in [1.807, 2.05) is 24.4 Å². The maximum atomic E-state index is 11.3. The van der Waals surface area contributed by atoms with Crippen molar-refractivity contribution in [2.75, 3.05) is 11.9 Å². The fourth-order valence-corrected chi connectivity index (χ4v) is 2.26. The number of aryl methyl sites for hydroxylation is 1. The minimum Gasteiger partial charge on any atom is -0.466 e. The van der Waals surface area contributed by atoms with Gasteiger partial charge in [0.2, 0.25) is 0 Å². The molecule has 0 unspecified atom stereocenters. The maximum Gasteiger partial charge on any atom is 0.311 e. The van der Waals surface area contributed by atoms with E-state index in [0.717, 1.165) is 16.5 Å². The normalized spacial score (nSPS) is 10.2. The lowest BCUT2D eigenvalue weighted by Crippen LogP contribution is -2.07. The summed E-state index contributed by atoms with van der Waals surface area (Å²) in [6.07, 6.45) is 1.95. The second-order valence-electron chi connectivity index (χ2n) is 3.89. The van der Waals surface area contributed by atoms with Gasteiger partial charge < -0.3 is 10.1 Å². The zero-order chi connectivity index (χ0) is 13.7. The Balaban J connectivity index is 2.02. The Morgan fingerprint density at radius 2 is 2.37 bits per heavy atom. The number of ether oxygens (including phenoxy) is 1. The molecule has 2 rings (SSSR count). The molecule has 0 saturated carbocycles. The molecule has 2 aromatic rings. The first-order valence-corrected chi connectivity index (χ1v) is 6.85. The number of carbonyl (C=O) groups is 1. The maximum absolute atomic E-state index is 11.3. The minimum atomic E-state index is -0.253. The third kappa shape index (κ3) is 3.75. The van der Waals surface area contributed by atoms with Gasteiger partial charge in [0.15, 0.2) is 5.13 Å². The second kappa shape index (κ2) is 6.29. The summed E-state index contributed by atoms with van der Waals surface area (Å²) in [6.45, 7) is 4.11. The van der Waals surface area contributed by atoms with E-state index in [-0.39, 0.29) is 12.4 Å². The molecule has 100 valence electrons. The van der Waals surface area contributed by atoms with Gasteiger partial charge in [-0.2, -0.15) is 0 Å². The van der Waals surface area contributed by atoms with Gasteiger partial charge in [0, 0.05) is 11.6 Å². The smallest absolute Gasteiger partial charge is 0.311 e. The number of pyridine rings is 1. The average Bonchev–Trinajstić information content (AvgIpc) is 2.80. The van der Waals surface area contributed by atoms with E-state index in [4.69, 9.17) is 4.74 Å². The molecule has 0 amide bonds. The highest BCUT2D eigenvalue weighted by molar-refractivity contribution is 7.13. The Morgan fingerprint density at radius 3 is 3.11 bits per heavy atom. The molecule has 19 heavy (non-hydrogen) atoms. The number of hydrogen-bond acceptors (Lipinski definition) is 6. The van der Waals surface area contributed by atoms with Crippen molar-refractivity contribution < 1.29 is 9.53 Å². The van der Waals surface area contributed by atoms with Crippen molar-refractivity contribution in [1.82, 2.24) is 9.97 Å². The van der Waals surface area contributed by atoms with Gasteiger partial charge in [-0.15, -0.1) is 11.3 Å². The zero-order valence-corrected chi connectivity index (χ0v) is 11.7. The Morgan fingerprint density at radius 1 is 1.53 bits per heavy atom. The summed E-state index contributed by atoms with van der Waals surface area (Å²) in [5, 5.41) is 5.79. The van der Waals surface area contributed by atoms with Crippen molar-refractivity contribution >= 4 is 28.1 Å². The topological polar surface area (TPSA) is 64.1 Å². The van der Waals surface area contributed by atoms with Crippen LogP contribution in [0.2, 0.25) is 0 Å². The number of carbonyl (C=O) groups excluding carboxylic acids is 1. The molecule has 0 fully saturated rings. The molecule has 2 heterocycles. The van der Waals surface area contributed by atoms with Crippen LogP contribution in [-0.4, -0.2) is 22.5 Å². The molecular formula is C13H15N3O2S. The summed E-state index contributed by atoms with van der Waals surface area (Å²) >= 11 is 1.46. The van der Waals surface area contributed by atoms with E-state index in [9.17, 15) is 4.79 Å². The number of nitrogens with zero attached hydrogens (tertiary/aromatic N) is 2. The van der Waals surface area contributed by atoms with Gasteiger partial charge in [-0.1, -0.05) is 0 Å². The summed E-state index contributed by atoms with van der Waals surface area (Å²) in [4.78, 5) is 19.9. The highest BCUT2D eigenvalue weighted by Gasteiger charge is 2.09. The van der Waals surface area contributed by atoms with Gasteiger partial charge >= 0.3 is 5.97 Å². The predicted molar refractivity (Wildman–Crippen MR) is 74.7 cm³/mol. The van der Waals surface area contributed by atoms with E-state index in [0.29, 0.717) is 12.3 Å². The molecule has 0 atom stereocenters. The van der Waals surface area contributed by atoms with Crippen molar-refractivity contribution in [1.29, 1.82) is 0 Å². The molecule has 0 saturated heterocycles. The minimum absolute atomic E-state index is 0.206.